The van der Waals surface area contributed by atoms with Crippen molar-refractivity contribution in [2.45, 2.75) is 0 Å². The van der Waals surface area contributed by atoms with E-state index in [1.807, 2.05) is 30.3 Å². The number of hydrazone groups is 1. The zero-order chi connectivity index (χ0) is 14.9. The van der Waals surface area contributed by atoms with Crippen LogP contribution in [0.5, 0.6) is 0 Å². The first-order valence-corrected chi connectivity index (χ1v) is 6.93. The maximum Gasteiger partial charge on any atom is 0.254 e. The van der Waals surface area contributed by atoms with Gasteiger partial charge in [-0.25, -0.2) is 5.43 Å². The molecule has 0 bridgehead atoms. The predicted molar refractivity (Wildman–Crippen MR) is 86.1 cm³/mol. The number of amides is 1. The second kappa shape index (κ2) is 5.00. The molecular weight excluding hydrogens is 278 g/mol. The molecule has 0 spiro atoms. The lowest BCUT2D eigenvalue weighted by atomic mass is 10.0. The monoisotopic (exact) mass is 291 g/mol. The normalized spacial score (nSPS) is 22.0. The molecule has 1 aromatic heterocycles. The van der Waals surface area contributed by atoms with Gasteiger partial charge >= 0.3 is 0 Å². The van der Waals surface area contributed by atoms with Gasteiger partial charge in [-0.3, -0.25) is 9.79 Å². The van der Waals surface area contributed by atoms with Crippen LogP contribution in [0.4, 0.5) is 0 Å². The lowest BCUT2D eigenvalue weighted by Crippen LogP contribution is -2.32. The maximum absolute atomic E-state index is 11.8. The zero-order valence-corrected chi connectivity index (χ0v) is 11.6. The molecule has 0 radical (unpaired) electrons. The Balaban J connectivity index is 1.73. The summed E-state index contributed by atoms with van der Waals surface area (Å²) in [7, 11) is 0. The van der Waals surface area contributed by atoms with Crippen LogP contribution >= 0.6 is 0 Å². The van der Waals surface area contributed by atoms with E-state index >= 15 is 0 Å². The molecule has 108 valence electrons. The Morgan fingerprint density at radius 2 is 2.14 bits per heavy atom. The number of rotatable bonds is 2. The van der Waals surface area contributed by atoms with Gasteiger partial charge in [0.25, 0.3) is 5.91 Å². The van der Waals surface area contributed by atoms with E-state index < -0.39 is 5.92 Å². The summed E-state index contributed by atoms with van der Waals surface area (Å²) < 4.78 is 0. The van der Waals surface area contributed by atoms with E-state index in [0.29, 0.717) is 5.71 Å². The van der Waals surface area contributed by atoms with Gasteiger partial charge in [0.1, 0.15) is 5.92 Å². The molecule has 0 fully saturated rings. The van der Waals surface area contributed by atoms with Crippen LogP contribution in [0.1, 0.15) is 5.69 Å². The number of aliphatic imine (C=N–C) groups is 1. The minimum Gasteiger partial charge on any atom is -0.359 e. The minimum absolute atomic E-state index is 0.168. The Labute approximate surface area is 126 Å². The Hall–Kier alpha value is -3.15. The van der Waals surface area contributed by atoms with Gasteiger partial charge in [-0.2, -0.15) is 5.10 Å². The number of H-pyrrole nitrogens is 1. The topological polar surface area (TPSA) is 81.6 Å². The van der Waals surface area contributed by atoms with Gasteiger partial charge in [0.2, 0.25) is 0 Å². The molecule has 2 aliphatic rings. The van der Waals surface area contributed by atoms with E-state index in [-0.39, 0.29) is 5.91 Å². The highest BCUT2D eigenvalue weighted by molar-refractivity contribution is 6.24. The molecule has 1 amide bonds. The van der Waals surface area contributed by atoms with Crippen LogP contribution in [0.15, 0.2) is 58.5 Å². The first-order chi connectivity index (χ1) is 10.8. The number of nitrogens with zero attached hydrogens (tertiary/aromatic N) is 2. The van der Waals surface area contributed by atoms with Crippen molar-refractivity contribution in [2.24, 2.45) is 16.0 Å². The molecule has 2 aromatic rings. The minimum atomic E-state index is -0.465. The van der Waals surface area contributed by atoms with Crippen molar-refractivity contribution in [1.82, 2.24) is 15.7 Å². The number of hydrogen-bond donors (Lipinski definition) is 3. The molecule has 0 saturated heterocycles. The second-order valence-electron chi connectivity index (χ2n) is 5.08. The van der Waals surface area contributed by atoms with Gasteiger partial charge in [-0.15, -0.1) is 0 Å². The van der Waals surface area contributed by atoms with Gasteiger partial charge in [-0.1, -0.05) is 18.2 Å². The summed E-state index contributed by atoms with van der Waals surface area (Å²) in [6, 6.07) is 10.1. The lowest BCUT2D eigenvalue weighted by Gasteiger charge is -2.16. The first kappa shape index (κ1) is 12.6. The van der Waals surface area contributed by atoms with Crippen molar-refractivity contribution in [1.29, 1.82) is 0 Å². The van der Waals surface area contributed by atoms with Crippen LogP contribution in [-0.4, -0.2) is 22.8 Å². The number of nitrogens with one attached hydrogen (secondary N) is 3. The fourth-order valence-corrected chi connectivity index (χ4v) is 2.59. The third kappa shape index (κ3) is 2.10. The smallest absolute Gasteiger partial charge is 0.254 e. The second-order valence-corrected chi connectivity index (χ2v) is 5.08. The van der Waals surface area contributed by atoms with Gasteiger partial charge in [-0.05, 0) is 23.6 Å². The summed E-state index contributed by atoms with van der Waals surface area (Å²) in [5.41, 5.74) is 5.88. The molecule has 22 heavy (non-hydrogen) atoms. The highest BCUT2D eigenvalue weighted by atomic mass is 16.2. The van der Waals surface area contributed by atoms with E-state index in [1.54, 1.807) is 18.6 Å². The molecule has 0 saturated carbocycles. The fourth-order valence-electron chi connectivity index (χ4n) is 2.59. The van der Waals surface area contributed by atoms with Crippen molar-refractivity contribution in [3.05, 3.63) is 54.1 Å². The summed E-state index contributed by atoms with van der Waals surface area (Å²) in [5.74, 6) is -0.633. The van der Waals surface area contributed by atoms with Crippen LogP contribution in [0.25, 0.3) is 17.0 Å². The quantitative estimate of drug-likeness (QED) is 0.788. The summed E-state index contributed by atoms with van der Waals surface area (Å²) in [6.45, 7) is 0. The largest absolute Gasteiger partial charge is 0.359 e. The lowest BCUT2D eigenvalue weighted by molar-refractivity contribution is -0.120. The number of benzene rings is 1. The summed E-state index contributed by atoms with van der Waals surface area (Å²) in [4.78, 5) is 19.5. The third-order valence-corrected chi connectivity index (χ3v) is 3.63. The number of fused-ring (bicyclic) bond motifs is 1. The van der Waals surface area contributed by atoms with Crippen LogP contribution in [0.2, 0.25) is 0 Å². The number of para-hydroxylation sites is 1. The van der Waals surface area contributed by atoms with E-state index in [4.69, 9.17) is 0 Å². The summed E-state index contributed by atoms with van der Waals surface area (Å²) in [5, 5.41) is 8.09. The van der Waals surface area contributed by atoms with Gasteiger partial charge < -0.3 is 10.3 Å². The standard InChI is InChI=1S/C16H13N5O/c22-16-12(9-19-21-16)15-14(17-5-6-18-15)8-11-7-10-3-1-2-4-13(10)20-11/h1-9,12,17,20H,(H,21,22). The molecular formula is C16H13N5O. The van der Waals surface area contributed by atoms with E-state index in [1.165, 1.54) is 0 Å². The van der Waals surface area contributed by atoms with Crippen molar-refractivity contribution >= 4 is 34.8 Å². The van der Waals surface area contributed by atoms with Crippen molar-refractivity contribution in [3.63, 3.8) is 0 Å². The maximum atomic E-state index is 11.8. The number of carbonyl (C=O) groups is 1. The Morgan fingerprint density at radius 1 is 1.23 bits per heavy atom. The average Bonchev–Trinajstić information content (AvgIpc) is 3.13. The number of aromatic amines is 1. The van der Waals surface area contributed by atoms with Crippen molar-refractivity contribution in [2.75, 3.05) is 0 Å². The van der Waals surface area contributed by atoms with Gasteiger partial charge in [0, 0.05) is 29.8 Å². The van der Waals surface area contributed by atoms with Crippen LogP contribution < -0.4 is 10.7 Å². The van der Waals surface area contributed by atoms with Gasteiger partial charge in [0.15, 0.2) is 0 Å². The van der Waals surface area contributed by atoms with E-state index in [9.17, 15) is 4.79 Å². The molecule has 1 aromatic carbocycles. The number of allylic oxidation sites excluding steroid dienone is 1. The third-order valence-electron chi connectivity index (χ3n) is 3.63. The van der Waals surface area contributed by atoms with Crippen LogP contribution in [-0.2, 0) is 4.79 Å². The molecule has 0 aliphatic carbocycles. The number of hydrogen-bond acceptors (Lipinski definition) is 4. The Kier molecular flexibility index (Phi) is 2.86. The fraction of sp³-hybridized carbons (Fsp3) is 0.0625. The number of aromatic nitrogens is 1. The van der Waals surface area contributed by atoms with E-state index in [0.717, 1.165) is 22.3 Å². The Bertz CT molecular complexity index is 839. The summed E-state index contributed by atoms with van der Waals surface area (Å²) in [6.07, 6.45) is 6.89. The molecule has 2 aliphatic heterocycles. The molecule has 6 heteroatoms. The molecule has 6 nitrogen and oxygen atoms in total. The Morgan fingerprint density at radius 3 is 2.95 bits per heavy atom. The van der Waals surface area contributed by atoms with Crippen molar-refractivity contribution < 1.29 is 4.79 Å². The van der Waals surface area contributed by atoms with Crippen LogP contribution in [0, 0.1) is 5.92 Å². The zero-order valence-electron chi connectivity index (χ0n) is 11.6. The summed E-state index contributed by atoms with van der Waals surface area (Å²) >= 11 is 0. The molecule has 3 heterocycles. The molecule has 1 atom stereocenters. The highest BCUT2D eigenvalue weighted by Crippen LogP contribution is 2.19. The van der Waals surface area contributed by atoms with E-state index in [2.05, 4.69) is 31.9 Å². The predicted octanol–water partition coefficient (Wildman–Crippen LogP) is 1.76. The molecule has 4 rings (SSSR count). The van der Waals surface area contributed by atoms with Crippen molar-refractivity contribution in [3.8, 4) is 0 Å². The first-order valence-electron chi connectivity index (χ1n) is 6.93. The van der Waals surface area contributed by atoms with Crippen LogP contribution in [0.3, 0.4) is 0 Å². The highest BCUT2D eigenvalue weighted by Gasteiger charge is 2.29. The average molecular weight is 291 g/mol. The molecule has 1 unspecified atom stereocenters. The van der Waals surface area contributed by atoms with Gasteiger partial charge in [0.05, 0.1) is 11.4 Å². The number of carbonyl (C=O) groups excluding carboxylic acids is 1. The molecule has 3 N–H and O–H groups in total. The SMILES string of the molecule is O=C1NN=CC1C1=NC=CNC1=Cc1cc2ccccc2[nH]1.